The van der Waals surface area contributed by atoms with Crippen molar-refractivity contribution in [1.82, 2.24) is 30.4 Å². The van der Waals surface area contributed by atoms with Gasteiger partial charge in [0.15, 0.2) is 5.82 Å². The lowest BCUT2D eigenvalue weighted by Gasteiger charge is -2.34. The summed E-state index contributed by atoms with van der Waals surface area (Å²) in [5.74, 6) is -1.35. The Morgan fingerprint density at radius 1 is 1.04 bits per heavy atom. The lowest BCUT2D eigenvalue weighted by atomic mass is 9.92. The molecule has 2 aromatic carbocycles. The van der Waals surface area contributed by atoms with Crippen LogP contribution in [0, 0.1) is 25.5 Å². The van der Waals surface area contributed by atoms with Gasteiger partial charge in [-0.2, -0.15) is 23.8 Å². The molecule has 5 heterocycles. The number of nitrogens with zero attached hydrogens (tertiary/aromatic N) is 5. The number of benzene rings is 2. The second-order valence-electron chi connectivity index (χ2n) is 12.0. The predicted octanol–water partition coefficient (Wildman–Crippen LogP) is 6.66. The van der Waals surface area contributed by atoms with Crippen LogP contribution >= 0.6 is 0 Å². The molecule has 2 aromatic heterocycles. The molecule has 0 aliphatic carbocycles. The molecule has 0 radical (unpaired) electrons. The van der Waals surface area contributed by atoms with Gasteiger partial charge in [0.05, 0.1) is 22.8 Å². The molecule has 0 bridgehead atoms. The van der Waals surface area contributed by atoms with E-state index in [4.69, 9.17) is 4.74 Å². The van der Waals surface area contributed by atoms with E-state index in [-0.39, 0.29) is 40.4 Å². The predicted molar refractivity (Wildman–Crippen MR) is 168 cm³/mol. The molecule has 1 unspecified atom stereocenters. The van der Waals surface area contributed by atoms with E-state index in [0.29, 0.717) is 36.2 Å². The molecule has 7 rings (SSSR count). The van der Waals surface area contributed by atoms with Crippen LogP contribution < -0.4 is 15.0 Å². The first-order valence-electron chi connectivity index (χ1n) is 15.8. The van der Waals surface area contributed by atoms with Gasteiger partial charge in [-0.1, -0.05) is 13.8 Å². The highest BCUT2D eigenvalue weighted by atomic mass is 19.3. The zero-order valence-corrected chi connectivity index (χ0v) is 26.1. The van der Waals surface area contributed by atoms with Crippen LogP contribution in [-0.4, -0.2) is 76.0 Å². The first kappa shape index (κ1) is 31.2. The average Bonchev–Trinajstić information content (AvgIpc) is 3.75. The highest BCUT2D eigenvalue weighted by Gasteiger charge is 2.45. The third-order valence-electron chi connectivity index (χ3n) is 9.47. The summed E-state index contributed by atoms with van der Waals surface area (Å²) in [6.07, 6.45) is 4.79. The molecule has 45 heavy (non-hydrogen) atoms. The number of piperazine rings is 1. The van der Waals surface area contributed by atoms with Crippen molar-refractivity contribution in [3.63, 3.8) is 0 Å². The quantitative estimate of drug-likeness (QED) is 0.232. The van der Waals surface area contributed by atoms with Crippen molar-refractivity contribution in [3.8, 4) is 17.1 Å². The Morgan fingerprint density at radius 3 is 2.53 bits per heavy atom. The molecule has 240 valence electrons. The summed E-state index contributed by atoms with van der Waals surface area (Å²) in [6, 6.07) is 2.48. The SMILES string of the molecule is CC.Cc1cc2[nH]ncc2c(-c2c(F)cc3c(N4CCNC(C=C(F)F)C4)nc(OCC45CCCN4CCC5)nc3c2F)c1C. The molecule has 8 nitrogen and oxygen atoms in total. The van der Waals surface area contributed by atoms with E-state index in [9.17, 15) is 8.78 Å². The summed E-state index contributed by atoms with van der Waals surface area (Å²) in [6.45, 7) is 11.0. The number of hydrogen-bond donors (Lipinski definition) is 2. The molecule has 3 aliphatic rings. The van der Waals surface area contributed by atoms with Crippen molar-refractivity contribution in [1.29, 1.82) is 0 Å². The van der Waals surface area contributed by atoms with Crippen LogP contribution in [0.3, 0.4) is 0 Å². The summed E-state index contributed by atoms with van der Waals surface area (Å²) < 4.78 is 65.3. The fourth-order valence-electron chi connectivity index (χ4n) is 7.24. The highest BCUT2D eigenvalue weighted by Crippen LogP contribution is 2.42. The second-order valence-corrected chi connectivity index (χ2v) is 12.0. The normalized spacial score (nSPS) is 19.5. The lowest BCUT2D eigenvalue weighted by Crippen LogP contribution is -2.50. The summed E-state index contributed by atoms with van der Waals surface area (Å²) in [4.78, 5) is 13.4. The third kappa shape index (κ3) is 5.63. The molecular formula is C33H39F4N7O. The number of aromatic amines is 1. The zero-order chi connectivity index (χ0) is 31.9. The fraction of sp³-hybridized carbons (Fsp3) is 0.485. The number of H-pyrrole nitrogens is 1. The number of anilines is 1. The molecule has 3 fully saturated rings. The van der Waals surface area contributed by atoms with Gasteiger partial charge in [0.2, 0.25) is 0 Å². The molecule has 4 aromatic rings. The number of fused-ring (bicyclic) bond motifs is 3. The molecule has 0 amide bonds. The minimum Gasteiger partial charge on any atom is -0.461 e. The highest BCUT2D eigenvalue weighted by molar-refractivity contribution is 6.01. The van der Waals surface area contributed by atoms with Crippen molar-refractivity contribution in [2.75, 3.05) is 44.2 Å². The van der Waals surface area contributed by atoms with Crippen LogP contribution in [0.1, 0.15) is 50.7 Å². The summed E-state index contributed by atoms with van der Waals surface area (Å²) >= 11 is 0. The first-order chi connectivity index (χ1) is 21.7. The summed E-state index contributed by atoms with van der Waals surface area (Å²) in [5.41, 5.74) is 2.27. The molecule has 12 heteroatoms. The lowest BCUT2D eigenvalue weighted by molar-refractivity contribution is 0.108. The van der Waals surface area contributed by atoms with E-state index in [1.807, 2.05) is 33.8 Å². The van der Waals surface area contributed by atoms with Crippen LogP contribution in [0.5, 0.6) is 6.01 Å². The summed E-state index contributed by atoms with van der Waals surface area (Å²) in [5, 5.41) is 10.8. The Balaban J connectivity index is 0.00000175. The maximum absolute atomic E-state index is 16.7. The number of ether oxygens (including phenoxy) is 1. The van der Waals surface area contributed by atoms with E-state index < -0.39 is 23.8 Å². The van der Waals surface area contributed by atoms with Gasteiger partial charge in [-0.3, -0.25) is 10.00 Å². The molecular weight excluding hydrogens is 586 g/mol. The van der Waals surface area contributed by atoms with Gasteiger partial charge in [-0.15, -0.1) is 0 Å². The van der Waals surface area contributed by atoms with Crippen molar-refractivity contribution < 1.29 is 22.3 Å². The first-order valence-corrected chi connectivity index (χ1v) is 15.8. The Morgan fingerprint density at radius 2 is 1.80 bits per heavy atom. The summed E-state index contributed by atoms with van der Waals surface area (Å²) in [7, 11) is 0. The van der Waals surface area contributed by atoms with E-state index in [1.54, 1.807) is 11.1 Å². The Hall–Kier alpha value is -3.77. The fourth-order valence-corrected chi connectivity index (χ4v) is 7.24. The van der Waals surface area contributed by atoms with Gasteiger partial charge < -0.3 is 15.0 Å². The van der Waals surface area contributed by atoms with E-state index in [0.717, 1.165) is 56.0 Å². The van der Waals surface area contributed by atoms with Gasteiger partial charge >= 0.3 is 6.01 Å². The van der Waals surface area contributed by atoms with Crippen molar-refractivity contribution in [2.45, 2.75) is 65.0 Å². The van der Waals surface area contributed by atoms with Crippen molar-refractivity contribution in [2.24, 2.45) is 0 Å². The molecule has 0 saturated carbocycles. The van der Waals surface area contributed by atoms with Crippen LogP contribution in [0.25, 0.3) is 32.9 Å². The maximum atomic E-state index is 16.7. The zero-order valence-electron chi connectivity index (χ0n) is 26.1. The number of aryl methyl sites for hydroxylation is 1. The number of halogens is 4. The van der Waals surface area contributed by atoms with Crippen LogP contribution in [0.2, 0.25) is 0 Å². The standard InChI is InChI=1S/C31H33F4N7O.C2H6/c1-17-11-23-21(14-37-40-23)25(18(17)2)26-22(32)13-20-28(27(26)35)38-30(43-16-31-5-3-8-42(31)9-4-6-31)39-29(20)41-10-7-36-19(15-41)12-24(33)34;1-2/h11-14,19,36H,3-10,15-16H2,1-2H3,(H,37,40);1-2H3. The van der Waals surface area contributed by atoms with Crippen molar-refractivity contribution >= 4 is 27.6 Å². The molecule has 0 spiro atoms. The Labute approximate surface area is 259 Å². The minimum absolute atomic E-state index is 0.0104. The number of hydrogen-bond acceptors (Lipinski definition) is 7. The third-order valence-corrected chi connectivity index (χ3v) is 9.47. The molecule has 2 N–H and O–H groups in total. The van der Waals surface area contributed by atoms with E-state index in [2.05, 4.69) is 30.4 Å². The van der Waals surface area contributed by atoms with E-state index >= 15 is 8.78 Å². The smallest absolute Gasteiger partial charge is 0.319 e. The topological polar surface area (TPSA) is 82.2 Å². The van der Waals surface area contributed by atoms with Crippen LogP contribution in [0.4, 0.5) is 23.4 Å². The average molecular weight is 626 g/mol. The van der Waals surface area contributed by atoms with Crippen LogP contribution in [-0.2, 0) is 0 Å². The monoisotopic (exact) mass is 625 g/mol. The number of aromatic nitrogens is 4. The number of nitrogens with one attached hydrogen (secondary N) is 2. The molecule has 1 atom stereocenters. The molecule has 3 saturated heterocycles. The van der Waals surface area contributed by atoms with Crippen molar-refractivity contribution in [3.05, 3.63) is 53.2 Å². The maximum Gasteiger partial charge on any atom is 0.319 e. The molecule has 3 aliphatic heterocycles. The Bertz CT molecular complexity index is 1740. The van der Waals surface area contributed by atoms with E-state index in [1.165, 1.54) is 6.07 Å². The Kier molecular flexibility index (Phi) is 8.71. The van der Waals surface area contributed by atoms with Gasteiger partial charge in [0.1, 0.15) is 23.8 Å². The second kappa shape index (κ2) is 12.6. The van der Waals surface area contributed by atoms with Gasteiger partial charge in [0, 0.05) is 42.0 Å². The largest absolute Gasteiger partial charge is 0.461 e. The number of rotatable bonds is 6. The van der Waals surface area contributed by atoms with Gasteiger partial charge in [-0.25, -0.2) is 8.78 Å². The minimum atomic E-state index is -1.80. The van der Waals surface area contributed by atoms with Gasteiger partial charge in [0.25, 0.3) is 6.08 Å². The van der Waals surface area contributed by atoms with Crippen LogP contribution in [0.15, 0.2) is 30.5 Å². The van der Waals surface area contributed by atoms with Gasteiger partial charge in [-0.05, 0) is 82.0 Å².